The Morgan fingerprint density at radius 1 is 1.78 bits per heavy atom. The molecule has 0 saturated carbocycles. The van der Waals surface area contributed by atoms with Gasteiger partial charge in [0.2, 0.25) is 0 Å². The summed E-state index contributed by atoms with van der Waals surface area (Å²) < 4.78 is 19.9. The van der Waals surface area contributed by atoms with Crippen LogP contribution < -0.4 is 0 Å². The monoisotopic (exact) mass is 145 g/mol. The highest BCUT2D eigenvalue weighted by molar-refractivity contribution is 7.80. The summed E-state index contributed by atoms with van der Waals surface area (Å²) in [6.07, 6.45) is 5.20. The summed E-state index contributed by atoms with van der Waals surface area (Å²) in [6, 6.07) is 0. The van der Waals surface area contributed by atoms with Crippen LogP contribution in [-0.4, -0.2) is 13.5 Å². The molecule has 0 radical (unpaired) electrons. The fourth-order valence-corrected chi connectivity index (χ4v) is 0.506. The molecule has 0 fully saturated rings. The third-order valence-electron chi connectivity index (χ3n) is 0.979. The molecular weight excluding hydrogens is 136 g/mol. The lowest BCUT2D eigenvalue weighted by molar-refractivity contribution is 0.497. The molecule has 0 saturated heterocycles. The first kappa shape index (κ1) is 8.67. The van der Waals surface area contributed by atoms with Crippen molar-refractivity contribution in [2.24, 2.45) is 0 Å². The molecule has 0 heterocycles. The minimum atomic E-state index is -2.07. The van der Waals surface area contributed by atoms with Gasteiger partial charge in [-0.1, -0.05) is 0 Å². The second-order valence-corrected chi connectivity index (χ2v) is 3.95. The maximum Gasteiger partial charge on any atom is 0.0380 e. The molecule has 0 amide bonds. The van der Waals surface area contributed by atoms with Crippen LogP contribution in [0.25, 0.3) is 0 Å². The molecule has 9 heavy (non-hydrogen) atoms. The van der Waals surface area contributed by atoms with Crippen molar-refractivity contribution in [2.45, 2.75) is 25.0 Å². The van der Waals surface area contributed by atoms with Gasteiger partial charge in [-0.25, -0.2) is 0 Å². The Hall–Kier alpha value is -0.330. The van der Waals surface area contributed by atoms with Crippen molar-refractivity contribution in [2.75, 3.05) is 0 Å². The highest BCUT2D eigenvalue weighted by atomic mass is 32.2. The molecular formula is C6H9O2S-. The smallest absolute Gasteiger partial charge is 0.0380 e. The van der Waals surface area contributed by atoms with E-state index in [1.54, 1.807) is 13.8 Å². The second-order valence-electron chi connectivity index (χ2n) is 2.38. The molecule has 0 rings (SSSR count). The molecule has 0 aliphatic heterocycles. The summed E-state index contributed by atoms with van der Waals surface area (Å²) in [5.41, 5.74) is 0. The van der Waals surface area contributed by atoms with E-state index in [0.717, 1.165) is 0 Å². The van der Waals surface area contributed by atoms with Crippen LogP contribution in [0.1, 0.15) is 20.3 Å². The van der Waals surface area contributed by atoms with Crippen LogP contribution in [0, 0.1) is 12.3 Å². The maximum absolute atomic E-state index is 10.3. The Bertz CT molecular complexity index is 155. The topological polar surface area (TPSA) is 40.1 Å². The van der Waals surface area contributed by atoms with Gasteiger partial charge in [-0.3, -0.25) is 4.21 Å². The van der Waals surface area contributed by atoms with Crippen molar-refractivity contribution in [3.8, 4) is 12.3 Å². The van der Waals surface area contributed by atoms with E-state index in [2.05, 4.69) is 5.92 Å². The number of rotatable bonds is 2. The highest BCUT2D eigenvalue weighted by Crippen LogP contribution is 2.14. The highest BCUT2D eigenvalue weighted by Gasteiger charge is 2.16. The summed E-state index contributed by atoms with van der Waals surface area (Å²) in [4.78, 5) is 0. The standard InChI is InChI=1S/C6H10O2S/c1-4-5-6(2,3)9(7)8/h1H,5H2,2-3H3,(H,7,8)/p-1. The molecule has 0 bridgehead atoms. The molecule has 1 atom stereocenters. The summed E-state index contributed by atoms with van der Waals surface area (Å²) in [7, 11) is 0. The van der Waals surface area contributed by atoms with Crippen molar-refractivity contribution in [1.29, 1.82) is 0 Å². The van der Waals surface area contributed by atoms with Gasteiger partial charge in [0.15, 0.2) is 0 Å². The van der Waals surface area contributed by atoms with E-state index in [4.69, 9.17) is 6.42 Å². The van der Waals surface area contributed by atoms with Gasteiger partial charge < -0.3 is 4.55 Å². The van der Waals surface area contributed by atoms with E-state index < -0.39 is 15.8 Å². The van der Waals surface area contributed by atoms with E-state index in [1.807, 2.05) is 0 Å². The first-order valence-electron chi connectivity index (χ1n) is 2.53. The van der Waals surface area contributed by atoms with Crippen molar-refractivity contribution in [3.05, 3.63) is 0 Å². The number of hydrogen-bond acceptors (Lipinski definition) is 2. The summed E-state index contributed by atoms with van der Waals surface area (Å²) >= 11 is -2.07. The molecule has 0 aromatic heterocycles. The first-order valence-corrected chi connectivity index (χ1v) is 3.61. The first-order chi connectivity index (χ1) is 4.00. The fraction of sp³-hybridized carbons (Fsp3) is 0.667. The van der Waals surface area contributed by atoms with Crippen molar-refractivity contribution >= 4 is 11.1 Å². The second kappa shape index (κ2) is 3.00. The SMILES string of the molecule is C#CCC(C)(C)S(=O)[O-]. The van der Waals surface area contributed by atoms with Crippen molar-refractivity contribution < 1.29 is 8.76 Å². The normalized spacial score (nSPS) is 14.4. The Kier molecular flexibility index (Phi) is 2.89. The van der Waals surface area contributed by atoms with Gasteiger partial charge >= 0.3 is 0 Å². The summed E-state index contributed by atoms with van der Waals surface area (Å²) in [5.74, 6) is 2.30. The van der Waals surface area contributed by atoms with Gasteiger partial charge in [0.05, 0.1) is 0 Å². The van der Waals surface area contributed by atoms with Crippen molar-refractivity contribution in [1.82, 2.24) is 0 Å². The van der Waals surface area contributed by atoms with Crippen LogP contribution in [0.15, 0.2) is 0 Å². The lowest BCUT2D eigenvalue weighted by Gasteiger charge is -2.24. The molecule has 0 aliphatic rings. The quantitative estimate of drug-likeness (QED) is 0.423. The van der Waals surface area contributed by atoms with Crippen LogP contribution in [0.2, 0.25) is 0 Å². The lowest BCUT2D eigenvalue weighted by atomic mass is 10.1. The van der Waals surface area contributed by atoms with Crippen LogP contribution in [-0.2, 0) is 11.1 Å². The number of terminal acetylenes is 1. The van der Waals surface area contributed by atoms with Gasteiger partial charge in [-0.05, 0) is 24.9 Å². The van der Waals surface area contributed by atoms with E-state index in [1.165, 1.54) is 0 Å². The molecule has 0 N–H and O–H groups in total. The maximum atomic E-state index is 10.3. The summed E-state index contributed by atoms with van der Waals surface area (Å²) in [6.45, 7) is 3.19. The molecule has 52 valence electrons. The average molecular weight is 145 g/mol. The predicted molar refractivity (Wildman–Crippen MR) is 36.4 cm³/mol. The molecule has 0 aromatic carbocycles. The largest absolute Gasteiger partial charge is 0.772 e. The van der Waals surface area contributed by atoms with Crippen LogP contribution in [0.3, 0.4) is 0 Å². The van der Waals surface area contributed by atoms with E-state index in [9.17, 15) is 8.76 Å². The minimum absolute atomic E-state index is 0.267. The zero-order valence-corrected chi connectivity index (χ0v) is 6.33. The molecule has 2 nitrogen and oxygen atoms in total. The van der Waals surface area contributed by atoms with E-state index in [0.29, 0.717) is 0 Å². The Morgan fingerprint density at radius 3 is 2.33 bits per heavy atom. The zero-order chi connectivity index (χ0) is 7.49. The van der Waals surface area contributed by atoms with E-state index in [-0.39, 0.29) is 6.42 Å². The Balaban J connectivity index is 4.06. The molecule has 0 spiro atoms. The molecule has 0 aromatic rings. The average Bonchev–Trinajstić information content (AvgIpc) is 1.65. The lowest BCUT2D eigenvalue weighted by Crippen LogP contribution is -2.25. The van der Waals surface area contributed by atoms with Crippen LogP contribution >= 0.6 is 0 Å². The van der Waals surface area contributed by atoms with Gasteiger partial charge in [-0.15, -0.1) is 12.3 Å². The minimum Gasteiger partial charge on any atom is -0.772 e. The van der Waals surface area contributed by atoms with Gasteiger partial charge in [-0.2, -0.15) is 0 Å². The van der Waals surface area contributed by atoms with Crippen molar-refractivity contribution in [3.63, 3.8) is 0 Å². The van der Waals surface area contributed by atoms with E-state index >= 15 is 0 Å². The van der Waals surface area contributed by atoms with Gasteiger partial charge in [0, 0.05) is 11.2 Å². The third-order valence-corrected chi connectivity index (χ3v) is 2.03. The summed E-state index contributed by atoms with van der Waals surface area (Å²) in [5, 5.41) is 0. The fourth-order valence-electron chi connectivity index (χ4n) is 0.305. The molecule has 3 heteroatoms. The van der Waals surface area contributed by atoms with Gasteiger partial charge in [0.1, 0.15) is 0 Å². The Morgan fingerprint density at radius 2 is 2.22 bits per heavy atom. The van der Waals surface area contributed by atoms with Crippen LogP contribution in [0.4, 0.5) is 0 Å². The third kappa shape index (κ3) is 2.64. The number of hydrogen-bond donors (Lipinski definition) is 0. The van der Waals surface area contributed by atoms with Crippen LogP contribution in [0.5, 0.6) is 0 Å². The predicted octanol–water partition coefficient (Wildman–Crippen LogP) is 0.667. The molecule has 1 unspecified atom stereocenters. The molecule has 0 aliphatic carbocycles. The zero-order valence-electron chi connectivity index (χ0n) is 5.51. The van der Waals surface area contributed by atoms with Gasteiger partial charge in [0.25, 0.3) is 0 Å². The Labute approximate surface area is 57.9 Å².